The number of rotatable bonds is 2. The summed E-state index contributed by atoms with van der Waals surface area (Å²) in [7, 11) is 0. The van der Waals surface area contributed by atoms with Crippen molar-refractivity contribution in [2.24, 2.45) is 5.73 Å². The van der Waals surface area contributed by atoms with Gasteiger partial charge in [0.05, 0.1) is 12.1 Å². The van der Waals surface area contributed by atoms with E-state index >= 15 is 0 Å². The number of aliphatic hydroxyl groups is 1. The van der Waals surface area contributed by atoms with Gasteiger partial charge in [-0.2, -0.15) is 0 Å². The van der Waals surface area contributed by atoms with E-state index in [1.54, 1.807) is 0 Å². The van der Waals surface area contributed by atoms with Crippen LogP contribution in [0.4, 0.5) is 0 Å². The molecule has 0 rings (SSSR count). The van der Waals surface area contributed by atoms with Crippen LogP contribution in [0.5, 0.6) is 0 Å². The Hall–Kier alpha value is -0.410. The van der Waals surface area contributed by atoms with Crippen molar-refractivity contribution in [3.8, 4) is 0 Å². The zero-order valence-corrected chi connectivity index (χ0v) is 6.16. The third-order valence-electron chi connectivity index (χ3n) is 0.714. The van der Waals surface area contributed by atoms with E-state index < -0.39 is 12.1 Å². The smallest absolute Gasteiger partial charge is 0.139 e. The van der Waals surface area contributed by atoms with Crippen molar-refractivity contribution in [1.82, 2.24) is 0 Å². The number of carbonyl (C=O) groups is 1. The lowest BCUT2D eigenvalue weighted by atomic mass is 10.2. The molecule has 0 aromatic carbocycles. The van der Waals surface area contributed by atoms with Gasteiger partial charge in [0.1, 0.15) is 6.29 Å². The normalized spacial score (nSPS) is 14.8. The minimum absolute atomic E-state index is 0.519. The second kappa shape index (κ2) is 7.59. The summed E-state index contributed by atoms with van der Waals surface area (Å²) in [6.07, 6.45) is -0.206. The van der Waals surface area contributed by atoms with Crippen molar-refractivity contribution in [3.63, 3.8) is 0 Å². The van der Waals surface area contributed by atoms with Gasteiger partial charge in [-0.05, 0) is 6.92 Å². The molecule has 56 valence electrons. The molecule has 3 N–H and O–H groups in total. The Morgan fingerprint density at radius 1 is 1.56 bits per heavy atom. The molecule has 0 bridgehead atoms. The lowest BCUT2D eigenvalue weighted by Crippen LogP contribution is -2.33. The largest absolute Gasteiger partial charge is 0.391 e. The minimum Gasteiger partial charge on any atom is -0.391 e. The van der Waals surface area contributed by atoms with Crippen LogP contribution < -0.4 is 5.73 Å². The molecule has 0 spiro atoms. The van der Waals surface area contributed by atoms with Crippen LogP contribution in [0.3, 0.4) is 0 Å². The van der Waals surface area contributed by atoms with E-state index in [0.29, 0.717) is 6.29 Å². The quantitative estimate of drug-likeness (QED) is 0.518. The highest BCUT2D eigenvalue weighted by Crippen LogP contribution is 1.80. The van der Waals surface area contributed by atoms with Crippen molar-refractivity contribution in [2.45, 2.75) is 32.9 Å². The first-order valence-corrected chi connectivity index (χ1v) is 3.07. The SMILES string of the molecule is CC.C[C@H](O)[C@@H](N)C=O. The fourth-order valence-electron chi connectivity index (χ4n) is 0.114. The highest BCUT2D eigenvalue weighted by Gasteiger charge is 2.04. The molecule has 0 amide bonds. The topological polar surface area (TPSA) is 63.3 Å². The van der Waals surface area contributed by atoms with E-state index in [0.717, 1.165) is 0 Å². The Kier molecular flexibility index (Phi) is 9.61. The van der Waals surface area contributed by atoms with Crippen molar-refractivity contribution in [2.75, 3.05) is 0 Å². The molecule has 2 atom stereocenters. The average molecular weight is 133 g/mol. The van der Waals surface area contributed by atoms with Crippen molar-refractivity contribution in [3.05, 3.63) is 0 Å². The first-order valence-electron chi connectivity index (χ1n) is 3.07. The molecule has 0 saturated heterocycles. The number of aliphatic hydroxyl groups excluding tert-OH is 1. The number of aldehydes is 1. The van der Waals surface area contributed by atoms with Crippen LogP contribution in [0.2, 0.25) is 0 Å². The molecule has 0 radical (unpaired) electrons. The zero-order valence-electron chi connectivity index (χ0n) is 6.16. The molecule has 0 aromatic rings. The second-order valence-corrected chi connectivity index (χ2v) is 1.45. The van der Waals surface area contributed by atoms with Gasteiger partial charge in [0.2, 0.25) is 0 Å². The van der Waals surface area contributed by atoms with Crippen molar-refractivity contribution < 1.29 is 9.90 Å². The Labute approximate surface area is 55.9 Å². The van der Waals surface area contributed by atoms with Gasteiger partial charge in [-0.15, -0.1) is 0 Å². The Morgan fingerprint density at radius 2 is 1.89 bits per heavy atom. The molecule has 0 unspecified atom stereocenters. The number of hydrogen-bond acceptors (Lipinski definition) is 3. The van der Waals surface area contributed by atoms with Crippen molar-refractivity contribution in [1.29, 1.82) is 0 Å². The lowest BCUT2D eigenvalue weighted by Gasteiger charge is -2.03. The monoisotopic (exact) mass is 133 g/mol. The molecular formula is C6H15NO2. The molecule has 3 nitrogen and oxygen atoms in total. The molecule has 0 aliphatic heterocycles. The van der Waals surface area contributed by atoms with Gasteiger partial charge in [0.25, 0.3) is 0 Å². The molecular weight excluding hydrogens is 118 g/mol. The summed E-state index contributed by atoms with van der Waals surface area (Å²) >= 11 is 0. The molecule has 0 heterocycles. The maximum Gasteiger partial charge on any atom is 0.139 e. The number of nitrogens with two attached hydrogens (primary N) is 1. The molecule has 9 heavy (non-hydrogen) atoms. The minimum atomic E-state index is -0.725. The maximum absolute atomic E-state index is 9.66. The second-order valence-electron chi connectivity index (χ2n) is 1.45. The molecule has 0 saturated carbocycles. The summed E-state index contributed by atoms with van der Waals surface area (Å²) < 4.78 is 0. The highest BCUT2D eigenvalue weighted by atomic mass is 16.3. The average Bonchev–Trinajstić information content (AvgIpc) is 1.91. The van der Waals surface area contributed by atoms with Crippen LogP contribution in [0.15, 0.2) is 0 Å². The summed E-state index contributed by atoms with van der Waals surface area (Å²) in [5.74, 6) is 0. The molecule has 0 aromatic heterocycles. The van der Waals surface area contributed by atoms with Gasteiger partial charge in [0.15, 0.2) is 0 Å². The van der Waals surface area contributed by atoms with E-state index in [4.69, 9.17) is 10.8 Å². The fourth-order valence-corrected chi connectivity index (χ4v) is 0.114. The molecule has 0 aliphatic rings. The summed E-state index contributed by atoms with van der Waals surface area (Å²) in [6.45, 7) is 5.47. The van der Waals surface area contributed by atoms with E-state index in [1.807, 2.05) is 13.8 Å². The van der Waals surface area contributed by atoms with Gasteiger partial charge >= 0.3 is 0 Å². The molecule has 3 heteroatoms. The Bertz CT molecular complexity index is 64.1. The maximum atomic E-state index is 9.66. The number of carbonyl (C=O) groups excluding carboxylic acids is 1. The standard InChI is InChI=1S/C4H9NO2.C2H6/c1-3(7)4(5)2-6;1-2/h2-4,7H,5H2,1H3;1-2H3/t3-,4-;/m0./s1. The first-order chi connectivity index (χ1) is 4.18. The van der Waals surface area contributed by atoms with Crippen molar-refractivity contribution >= 4 is 6.29 Å². The molecule has 0 aliphatic carbocycles. The third kappa shape index (κ3) is 7.59. The van der Waals surface area contributed by atoms with Gasteiger partial charge < -0.3 is 15.6 Å². The lowest BCUT2D eigenvalue weighted by molar-refractivity contribution is -0.110. The third-order valence-corrected chi connectivity index (χ3v) is 0.714. The van der Waals surface area contributed by atoms with E-state index in [1.165, 1.54) is 6.92 Å². The van der Waals surface area contributed by atoms with E-state index in [-0.39, 0.29) is 0 Å². The number of hydrogen-bond donors (Lipinski definition) is 2. The molecule has 0 fully saturated rings. The van der Waals surface area contributed by atoms with Crippen LogP contribution in [0, 0.1) is 0 Å². The first kappa shape index (κ1) is 11.4. The van der Waals surface area contributed by atoms with Crippen LogP contribution in [0.1, 0.15) is 20.8 Å². The highest BCUT2D eigenvalue weighted by molar-refractivity contribution is 5.57. The predicted molar refractivity (Wildman–Crippen MR) is 37.1 cm³/mol. The summed E-state index contributed by atoms with van der Waals surface area (Å²) in [6, 6.07) is -0.722. The Balaban J connectivity index is 0. The van der Waals surface area contributed by atoms with E-state index in [2.05, 4.69) is 0 Å². The fraction of sp³-hybridized carbons (Fsp3) is 0.833. The van der Waals surface area contributed by atoms with Crippen LogP contribution in [-0.4, -0.2) is 23.5 Å². The van der Waals surface area contributed by atoms with E-state index in [9.17, 15) is 4.79 Å². The Morgan fingerprint density at radius 3 is 1.89 bits per heavy atom. The summed E-state index contributed by atoms with van der Waals surface area (Å²) in [4.78, 5) is 9.66. The van der Waals surface area contributed by atoms with Gasteiger partial charge in [0, 0.05) is 0 Å². The van der Waals surface area contributed by atoms with Crippen LogP contribution >= 0.6 is 0 Å². The van der Waals surface area contributed by atoms with Gasteiger partial charge in [-0.3, -0.25) is 0 Å². The van der Waals surface area contributed by atoms with Gasteiger partial charge in [-0.1, -0.05) is 13.8 Å². The zero-order chi connectivity index (χ0) is 7.86. The van der Waals surface area contributed by atoms with Gasteiger partial charge in [-0.25, -0.2) is 0 Å². The van der Waals surface area contributed by atoms with Crippen LogP contribution in [0.25, 0.3) is 0 Å². The summed E-state index contributed by atoms with van der Waals surface area (Å²) in [5.41, 5.74) is 5.00. The predicted octanol–water partition coefficient (Wildman–Crippen LogP) is -0.0804. The summed E-state index contributed by atoms with van der Waals surface area (Å²) in [5, 5.41) is 8.46. The van der Waals surface area contributed by atoms with Crippen LogP contribution in [-0.2, 0) is 4.79 Å².